The standard InChI is InChI=1S/C13H16FN3O2S/c1-3-17-10(2)11(8-15-17)9-16-20(18,19)13-6-4-12(14)5-7-13/h4-8,16H,3,9H2,1-2H3. The second-order valence-electron chi connectivity index (χ2n) is 4.35. The Bertz CT molecular complexity index is 693. The van der Waals surface area contributed by atoms with Crippen LogP contribution in [0.25, 0.3) is 0 Å². The van der Waals surface area contributed by atoms with E-state index in [0.717, 1.165) is 29.9 Å². The van der Waals surface area contributed by atoms with E-state index < -0.39 is 15.8 Å². The summed E-state index contributed by atoms with van der Waals surface area (Å²) in [6.07, 6.45) is 1.64. The van der Waals surface area contributed by atoms with Gasteiger partial charge in [-0.1, -0.05) is 0 Å². The highest BCUT2D eigenvalue weighted by molar-refractivity contribution is 7.89. The lowest BCUT2D eigenvalue weighted by Crippen LogP contribution is -2.23. The Labute approximate surface area is 117 Å². The van der Waals surface area contributed by atoms with Gasteiger partial charge in [0.1, 0.15) is 5.82 Å². The molecule has 20 heavy (non-hydrogen) atoms. The molecular formula is C13H16FN3O2S. The van der Waals surface area contributed by atoms with E-state index in [1.807, 2.05) is 13.8 Å². The third-order valence-electron chi connectivity index (χ3n) is 3.08. The summed E-state index contributed by atoms with van der Waals surface area (Å²) in [6.45, 7) is 4.74. The van der Waals surface area contributed by atoms with Crippen molar-refractivity contribution >= 4 is 10.0 Å². The van der Waals surface area contributed by atoms with Gasteiger partial charge in [-0.05, 0) is 38.1 Å². The summed E-state index contributed by atoms with van der Waals surface area (Å²) in [6, 6.07) is 4.71. The van der Waals surface area contributed by atoms with Gasteiger partial charge in [-0.15, -0.1) is 0 Å². The van der Waals surface area contributed by atoms with Gasteiger partial charge in [0, 0.05) is 24.3 Å². The molecule has 0 bridgehead atoms. The van der Waals surface area contributed by atoms with Gasteiger partial charge < -0.3 is 0 Å². The number of aryl methyl sites for hydroxylation is 1. The highest BCUT2D eigenvalue weighted by Crippen LogP contribution is 2.12. The number of hydrogen-bond acceptors (Lipinski definition) is 3. The highest BCUT2D eigenvalue weighted by Gasteiger charge is 2.15. The molecule has 0 amide bonds. The molecule has 2 rings (SSSR count). The second kappa shape index (κ2) is 5.72. The summed E-state index contributed by atoms with van der Waals surface area (Å²) in [7, 11) is -3.64. The molecule has 0 spiro atoms. The normalized spacial score (nSPS) is 11.8. The average molecular weight is 297 g/mol. The maximum atomic E-state index is 12.8. The SMILES string of the molecule is CCn1ncc(CNS(=O)(=O)c2ccc(F)cc2)c1C. The molecule has 0 aliphatic carbocycles. The fourth-order valence-corrected chi connectivity index (χ4v) is 2.85. The van der Waals surface area contributed by atoms with Crippen molar-refractivity contribution in [1.29, 1.82) is 0 Å². The molecule has 0 saturated heterocycles. The van der Waals surface area contributed by atoms with E-state index in [-0.39, 0.29) is 11.4 Å². The average Bonchev–Trinajstić information content (AvgIpc) is 2.77. The molecule has 0 aliphatic rings. The molecule has 0 radical (unpaired) electrons. The quantitative estimate of drug-likeness (QED) is 0.915. The van der Waals surface area contributed by atoms with Crippen LogP contribution in [0.2, 0.25) is 0 Å². The van der Waals surface area contributed by atoms with Gasteiger partial charge in [-0.25, -0.2) is 17.5 Å². The lowest BCUT2D eigenvalue weighted by molar-refractivity contribution is 0.580. The molecule has 7 heteroatoms. The van der Waals surface area contributed by atoms with Gasteiger partial charge in [0.05, 0.1) is 11.1 Å². The largest absolute Gasteiger partial charge is 0.270 e. The Balaban J connectivity index is 2.13. The van der Waals surface area contributed by atoms with Crippen LogP contribution in [0, 0.1) is 12.7 Å². The number of aromatic nitrogens is 2. The Hall–Kier alpha value is -1.73. The van der Waals surface area contributed by atoms with Crippen molar-refractivity contribution in [2.45, 2.75) is 31.8 Å². The molecule has 108 valence electrons. The topological polar surface area (TPSA) is 64.0 Å². The molecule has 1 heterocycles. The van der Waals surface area contributed by atoms with Crippen molar-refractivity contribution in [3.05, 3.63) is 47.5 Å². The summed E-state index contributed by atoms with van der Waals surface area (Å²) in [5.41, 5.74) is 1.74. The van der Waals surface area contributed by atoms with Gasteiger partial charge in [0.15, 0.2) is 0 Å². The van der Waals surface area contributed by atoms with Gasteiger partial charge in [0.25, 0.3) is 0 Å². The molecule has 0 fully saturated rings. The molecule has 2 aromatic rings. The molecule has 0 saturated carbocycles. The van der Waals surface area contributed by atoms with E-state index in [0.29, 0.717) is 0 Å². The lowest BCUT2D eigenvalue weighted by Gasteiger charge is -2.07. The van der Waals surface area contributed by atoms with E-state index in [9.17, 15) is 12.8 Å². The van der Waals surface area contributed by atoms with Crippen LogP contribution in [0.4, 0.5) is 4.39 Å². The second-order valence-corrected chi connectivity index (χ2v) is 6.12. The van der Waals surface area contributed by atoms with Crippen LogP contribution in [-0.2, 0) is 23.1 Å². The monoisotopic (exact) mass is 297 g/mol. The summed E-state index contributed by atoms with van der Waals surface area (Å²) in [4.78, 5) is 0.0411. The Morgan fingerprint density at radius 1 is 1.30 bits per heavy atom. The number of benzene rings is 1. The van der Waals surface area contributed by atoms with Crippen molar-refractivity contribution in [1.82, 2.24) is 14.5 Å². The highest BCUT2D eigenvalue weighted by atomic mass is 32.2. The number of rotatable bonds is 5. The third kappa shape index (κ3) is 3.05. The van der Waals surface area contributed by atoms with Crippen molar-refractivity contribution < 1.29 is 12.8 Å². The first-order valence-corrected chi connectivity index (χ1v) is 7.69. The van der Waals surface area contributed by atoms with Gasteiger partial charge in [-0.2, -0.15) is 5.10 Å². The minimum absolute atomic E-state index is 0.0411. The number of hydrogen-bond donors (Lipinski definition) is 1. The molecule has 1 aromatic carbocycles. The summed E-state index contributed by atoms with van der Waals surface area (Å²) in [5.74, 6) is -0.469. The number of nitrogens with zero attached hydrogens (tertiary/aromatic N) is 2. The Morgan fingerprint density at radius 3 is 2.50 bits per heavy atom. The fourth-order valence-electron chi connectivity index (χ4n) is 1.85. The van der Waals surface area contributed by atoms with E-state index in [1.54, 1.807) is 10.9 Å². The molecule has 0 atom stereocenters. The molecular weight excluding hydrogens is 281 g/mol. The third-order valence-corrected chi connectivity index (χ3v) is 4.50. The molecule has 1 aromatic heterocycles. The lowest BCUT2D eigenvalue weighted by atomic mass is 10.3. The van der Waals surface area contributed by atoms with E-state index in [4.69, 9.17) is 0 Å². The zero-order valence-corrected chi connectivity index (χ0v) is 12.1. The van der Waals surface area contributed by atoms with Crippen LogP contribution in [-0.4, -0.2) is 18.2 Å². The summed E-state index contributed by atoms with van der Waals surface area (Å²) >= 11 is 0. The van der Waals surface area contributed by atoms with Gasteiger partial charge in [-0.3, -0.25) is 4.68 Å². The Kier molecular flexibility index (Phi) is 4.20. The van der Waals surface area contributed by atoms with Gasteiger partial charge in [0.2, 0.25) is 10.0 Å². The van der Waals surface area contributed by atoms with Crippen molar-refractivity contribution in [2.24, 2.45) is 0 Å². The Morgan fingerprint density at radius 2 is 1.95 bits per heavy atom. The van der Waals surface area contributed by atoms with Crippen LogP contribution in [0.5, 0.6) is 0 Å². The first-order valence-electron chi connectivity index (χ1n) is 6.20. The van der Waals surface area contributed by atoms with Crippen molar-refractivity contribution in [2.75, 3.05) is 0 Å². The van der Waals surface area contributed by atoms with Crippen LogP contribution in [0.1, 0.15) is 18.2 Å². The molecule has 0 unspecified atom stereocenters. The van der Waals surface area contributed by atoms with Crippen LogP contribution in [0.15, 0.2) is 35.4 Å². The number of halogens is 1. The predicted molar refractivity (Wildman–Crippen MR) is 73.1 cm³/mol. The zero-order chi connectivity index (χ0) is 14.8. The molecule has 5 nitrogen and oxygen atoms in total. The molecule has 1 N–H and O–H groups in total. The first-order chi connectivity index (χ1) is 9.44. The maximum Gasteiger partial charge on any atom is 0.240 e. The smallest absolute Gasteiger partial charge is 0.240 e. The van der Waals surface area contributed by atoms with Crippen molar-refractivity contribution in [3.63, 3.8) is 0 Å². The van der Waals surface area contributed by atoms with Crippen LogP contribution >= 0.6 is 0 Å². The first kappa shape index (κ1) is 14.7. The molecule has 0 aliphatic heterocycles. The van der Waals surface area contributed by atoms with Crippen LogP contribution in [0.3, 0.4) is 0 Å². The number of sulfonamides is 1. The minimum Gasteiger partial charge on any atom is -0.270 e. The van der Waals surface area contributed by atoms with E-state index >= 15 is 0 Å². The zero-order valence-electron chi connectivity index (χ0n) is 11.3. The van der Waals surface area contributed by atoms with E-state index in [1.165, 1.54) is 12.1 Å². The maximum absolute atomic E-state index is 12.8. The fraction of sp³-hybridized carbons (Fsp3) is 0.308. The summed E-state index contributed by atoms with van der Waals surface area (Å²) < 4.78 is 41.2. The van der Waals surface area contributed by atoms with E-state index in [2.05, 4.69) is 9.82 Å². The number of nitrogens with one attached hydrogen (secondary N) is 1. The predicted octanol–water partition coefficient (Wildman–Crippen LogP) is 1.83. The minimum atomic E-state index is -3.64. The van der Waals surface area contributed by atoms with Crippen LogP contribution < -0.4 is 4.72 Å². The summed E-state index contributed by atoms with van der Waals surface area (Å²) in [5, 5.41) is 4.15. The van der Waals surface area contributed by atoms with Gasteiger partial charge >= 0.3 is 0 Å². The van der Waals surface area contributed by atoms with Crippen molar-refractivity contribution in [3.8, 4) is 0 Å².